The molecule has 2 aliphatic rings. The lowest BCUT2D eigenvalue weighted by Crippen LogP contribution is -2.40. The Labute approximate surface area is 152 Å². The van der Waals surface area contributed by atoms with Gasteiger partial charge in [-0.1, -0.05) is 6.92 Å². The number of carbonyl (C=O) groups is 1. The average Bonchev–Trinajstić information content (AvgIpc) is 3.37. The summed E-state index contributed by atoms with van der Waals surface area (Å²) >= 11 is 0. The maximum absolute atomic E-state index is 12.6. The van der Waals surface area contributed by atoms with Crippen LogP contribution in [-0.4, -0.2) is 52.9 Å². The summed E-state index contributed by atoms with van der Waals surface area (Å²) < 4.78 is 0. The Morgan fingerprint density at radius 2 is 2.15 bits per heavy atom. The number of fused-ring (bicyclic) bond motifs is 1. The van der Waals surface area contributed by atoms with E-state index >= 15 is 0 Å². The third-order valence-corrected chi connectivity index (χ3v) is 5.60. The van der Waals surface area contributed by atoms with Crippen LogP contribution < -0.4 is 10.5 Å². The Hall–Kier alpha value is -2.44. The fourth-order valence-corrected chi connectivity index (χ4v) is 3.82. The van der Waals surface area contributed by atoms with E-state index in [9.17, 15) is 9.59 Å². The molecule has 138 valence electrons. The second-order valence-corrected chi connectivity index (χ2v) is 7.86. The van der Waals surface area contributed by atoms with Crippen LogP contribution in [0.25, 0.3) is 10.9 Å². The number of hydrogen-bond acceptors (Lipinski definition) is 5. The third-order valence-electron chi connectivity index (χ3n) is 5.60. The highest BCUT2D eigenvalue weighted by molar-refractivity contribution is 5.82. The van der Waals surface area contributed by atoms with Gasteiger partial charge >= 0.3 is 0 Å². The first kappa shape index (κ1) is 17.0. The standard InChI is InChI=1S/C19H25N5O2/c1-11-7-13(11)18(26)24-6-4-5-12(10-24)15-8-16-14(17(25)21-15)9-20-19(22-16)23(2)3/h8-9,11-13H,4-7,10H2,1-3H3,(H,21,25)/t11-,12+,13+/m1/s1. The largest absolute Gasteiger partial charge is 0.347 e. The van der Waals surface area contributed by atoms with E-state index in [-0.39, 0.29) is 23.3 Å². The van der Waals surface area contributed by atoms with Crippen molar-refractivity contribution in [2.75, 3.05) is 32.1 Å². The summed E-state index contributed by atoms with van der Waals surface area (Å²) in [5.41, 5.74) is 1.36. The molecule has 1 aliphatic heterocycles. The van der Waals surface area contributed by atoms with Crippen LogP contribution in [0, 0.1) is 11.8 Å². The zero-order chi connectivity index (χ0) is 18.4. The third kappa shape index (κ3) is 3.06. The number of aromatic nitrogens is 3. The smallest absolute Gasteiger partial charge is 0.259 e. The molecule has 0 bridgehead atoms. The van der Waals surface area contributed by atoms with Crippen molar-refractivity contribution in [1.29, 1.82) is 0 Å². The minimum absolute atomic E-state index is 0.150. The van der Waals surface area contributed by atoms with Crippen molar-refractivity contribution in [3.8, 4) is 0 Å². The van der Waals surface area contributed by atoms with Gasteiger partial charge in [-0.3, -0.25) is 9.59 Å². The summed E-state index contributed by atoms with van der Waals surface area (Å²) in [6.45, 7) is 3.63. The van der Waals surface area contributed by atoms with Crippen LogP contribution >= 0.6 is 0 Å². The molecule has 26 heavy (non-hydrogen) atoms. The lowest BCUT2D eigenvalue weighted by molar-refractivity contribution is -0.134. The molecule has 1 amide bonds. The Balaban J connectivity index is 1.62. The predicted octanol–water partition coefficient (Wildman–Crippen LogP) is 1.75. The lowest BCUT2D eigenvalue weighted by atomic mass is 9.93. The van der Waals surface area contributed by atoms with Gasteiger partial charge in [-0.15, -0.1) is 0 Å². The maximum atomic E-state index is 12.6. The number of amides is 1. The molecular formula is C19H25N5O2. The van der Waals surface area contributed by atoms with E-state index < -0.39 is 0 Å². The molecule has 3 heterocycles. The number of likely N-dealkylation sites (tertiary alicyclic amines) is 1. The Kier molecular flexibility index (Phi) is 4.17. The topological polar surface area (TPSA) is 82.2 Å². The van der Waals surface area contributed by atoms with Gasteiger partial charge in [0.25, 0.3) is 5.56 Å². The highest BCUT2D eigenvalue weighted by atomic mass is 16.2. The Morgan fingerprint density at radius 1 is 1.38 bits per heavy atom. The van der Waals surface area contributed by atoms with Gasteiger partial charge in [0.15, 0.2) is 0 Å². The van der Waals surface area contributed by atoms with Gasteiger partial charge in [-0.05, 0) is 31.2 Å². The normalized spacial score (nSPS) is 25.3. The average molecular weight is 355 g/mol. The fraction of sp³-hybridized carbons (Fsp3) is 0.579. The van der Waals surface area contributed by atoms with Crippen molar-refractivity contribution in [3.05, 3.63) is 28.3 Å². The van der Waals surface area contributed by atoms with Crippen LogP contribution in [0.4, 0.5) is 5.95 Å². The number of carbonyl (C=O) groups excluding carboxylic acids is 1. The predicted molar refractivity (Wildman–Crippen MR) is 100 cm³/mol. The number of aromatic amines is 1. The van der Waals surface area contributed by atoms with Gasteiger partial charge in [0.05, 0.1) is 10.9 Å². The molecule has 0 spiro atoms. The number of nitrogens with zero attached hydrogens (tertiary/aromatic N) is 4. The molecule has 1 saturated carbocycles. The molecule has 0 radical (unpaired) electrons. The van der Waals surface area contributed by atoms with Crippen LogP contribution in [-0.2, 0) is 4.79 Å². The van der Waals surface area contributed by atoms with Crippen molar-refractivity contribution < 1.29 is 4.79 Å². The van der Waals surface area contributed by atoms with Crippen molar-refractivity contribution in [1.82, 2.24) is 19.9 Å². The molecule has 0 unspecified atom stereocenters. The van der Waals surface area contributed by atoms with Gasteiger partial charge in [-0.2, -0.15) is 0 Å². The van der Waals surface area contributed by atoms with Gasteiger partial charge in [0, 0.05) is 50.9 Å². The van der Waals surface area contributed by atoms with Crippen molar-refractivity contribution in [3.63, 3.8) is 0 Å². The number of anilines is 1. The quantitative estimate of drug-likeness (QED) is 0.907. The number of pyridine rings is 1. The first-order valence-electron chi connectivity index (χ1n) is 9.30. The number of rotatable bonds is 3. The van der Waals surface area contributed by atoms with E-state index in [1.54, 1.807) is 6.20 Å². The van der Waals surface area contributed by atoms with Crippen LogP contribution in [0.5, 0.6) is 0 Å². The molecule has 2 aromatic heterocycles. The van der Waals surface area contributed by atoms with Crippen LogP contribution in [0.15, 0.2) is 17.1 Å². The molecule has 1 aliphatic carbocycles. The summed E-state index contributed by atoms with van der Waals surface area (Å²) in [7, 11) is 3.75. The van der Waals surface area contributed by atoms with E-state index in [2.05, 4.69) is 21.9 Å². The van der Waals surface area contributed by atoms with E-state index in [0.717, 1.165) is 31.5 Å². The number of piperidine rings is 1. The summed E-state index contributed by atoms with van der Waals surface area (Å²) in [4.78, 5) is 40.6. The molecule has 1 N–H and O–H groups in total. The van der Waals surface area contributed by atoms with Crippen LogP contribution in [0.1, 0.15) is 37.8 Å². The zero-order valence-corrected chi connectivity index (χ0v) is 15.5. The first-order chi connectivity index (χ1) is 12.4. The monoisotopic (exact) mass is 355 g/mol. The SMILES string of the molecule is C[C@@H]1C[C@@H]1C(=O)N1CCC[C@H](c2cc3nc(N(C)C)ncc3c(=O)[nH]2)C1. The molecular weight excluding hydrogens is 330 g/mol. The minimum atomic E-state index is -0.165. The lowest BCUT2D eigenvalue weighted by Gasteiger charge is -2.33. The van der Waals surface area contributed by atoms with E-state index in [4.69, 9.17) is 0 Å². The second-order valence-electron chi connectivity index (χ2n) is 7.86. The highest BCUT2D eigenvalue weighted by Gasteiger charge is 2.42. The summed E-state index contributed by atoms with van der Waals surface area (Å²) in [5, 5.41) is 0.495. The zero-order valence-electron chi connectivity index (χ0n) is 15.5. The first-order valence-corrected chi connectivity index (χ1v) is 9.30. The molecule has 7 nitrogen and oxygen atoms in total. The van der Waals surface area contributed by atoms with Crippen molar-refractivity contribution >= 4 is 22.8 Å². The van der Waals surface area contributed by atoms with Gasteiger partial charge in [-0.25, -0.2) is 9.97 Å². The maximum Gasteiger partial charge on any atom is 0.259 e. The second kappa shape index (κ2) is 6.37. The van der Waals surface area contributed by atoms with E-state index in [0.29, 0.717) is 29.3 Å². The van der Waals surface area contributed by atoms with Gasteiger partial charge in [0.2, 0.25) is 11.9 Å². The summed E-state index contributed by atoms with van der Waals surface area (Å²) in [6, 6.07) is 1.95. The van der Waals surface area contributed by atoms with Gasteiger partial charge in [0.1, 0.15) is 0 Å². The molecule has 2 fully saturated rings. The fourth-order valence-electron chi connectivity index (χ4n) is 3.82. The molecule has 3 atom stereocenters. The van der Waals surface area contributed by atoms with E-state index in [1.165, 1.54) is 0 Å². The summed E-state index contributed by atoms with van der Waals surface area (Å²) in [5.74, 6) is 1.74. The van der Waals surface area contributed by atoms with Gasteiger partial charge < -0.3 is 14.8 Å². The number of hydrogen-bond donors (Lipinski definition) is 1. The Bertz CT molecular complexity index is 906. The Morgan fingerprint density at radius 3 is 2.85 bits per heavy atom. The molecule has 0 aromatic carbocycles. The summed E-state index contributed by atoms with van der Waals surface area (Å²) in [6.07, 6.45) is 4.52. The van der Waals surface area contributed by atoms with Crippen LogP contribution in [0.2, 0.25) is 0 Å². The van der Waals surface area contributed by atoms with E-state index in [1.807, 2.05) is 30.0 Å². The molecule has 2 aromatic rings. The van der Waals surface area contributed by atoms with Crippen molar-refractivity contribution in [2.45, 2.75) is 32.1 Å². The minimum Gasteiger partial charge on any atom is -0.347 e. The van der Waals surface area contributed by atoms with Crippen molar-refractivity contribution in [2.24, 2.45) is 11.8 Å². The molecule has 1 saturated heterocycles. The highest BCUT2D eigenvalue weighted by Crippen LogP contribution is 2.40. The number of H-pyrrole nitrogens is 1. The van der Waals surface area contributed by atoms with Crippen LogP contribution in [0.3, 0.4) is 0 Å². The molecule has 7 heteroatoms. The molecule has 4 rings (SSSR count). The number of nitrogens with one attached hydrogen (secondary N) is 1.